The van der Waals surface area contributed by atoms with E-state index in [0.29, 0.717) is 12.4 Å². The Morgan fingerprint density at radius 1 is 1.37 bits per heavy atom. The molecule has 1 aromatic carbocycles. The summed E-state index contributed by atoms with van der Waals surface area (Å²) in [6.45, 7) is -2.36. The number of ether oxygens (including phenoxy) is 2. The van der Waals surface area contributed by atoms with Crippen molar-refractivity contribution in [2.45, 2.75) is 25.9 Å². The van der Waals surface area contributed by atoms with Gasteiger partial charge in [0.2, 0.25) is 0 Å². The number of halogens is 3. The molecule has 0 radical (unpaired) electrons. The predicted molar refractivity (Wildman–Crippen MR) is 64.4 cm³/mol. The molecule has 2 nitrogen and oxygen atoms in total. The monoisotopic (exact) mass is 298 g/mol. The molecule has 0 aromatic heterocycles. The van der Waals surface area contributed by atoms with Gasteiger partial charge in [0.15, 0.2) is 0 Å². The summed E-state index contributed by atoms with van der Waals surface area (Å²) in [7, 11) is 0. The maximum atomic E-state index is 12.6. The van der Waals surface area contributed by atoms with Crippen LogP contribution in [0.5, 0.6) is 5.75 Å². The molecule has 0 spiro atoms. The smallest absolute Gasteiger partial charge is 0.491 e. The van der Waals surface area contributed by atoms with E-state index < -0.39 is 12.4 Å². The van der Waals surface area contributed by atoms with Crippen molar-refractivity contribution in [1.29, 1.82) is 0 Å². The molecule has 1 saturated heterocycles. The van der Waals surface area contributed by atoms with Crippen LogP contribution in [0.25, 0.3) is 0 Å². The summed E-state index contributed by atoms with van der Waals surface area (Å²) in [6, 6.07) is 3.88. The Labute approximate surface area is 153 Å². The minimum absolute atomic E-state index is 0. The third-order valence-electron chi connectivity index (χ3n) is 3.05. The second-order valence-electron chi connectivity index (χ2n) is 4.54. The molecular formula is C12H15BF3KO2. The fourth-order valence-corrected chi connectivity index (χ4v) is 2.07. The van der Waals surface area contributed by atoms with Gasteiger partial charge in [0.25, 0.3) is 0 Å². The van der Waals surface area contributed by atoms with Crippen molar-refractivity contribution in [2.75, 3.05) is 13.2 Å². The molecule has 19 heavy (non-hydrogen) atoms. The van der Waals surface area contributed by atoms with E-state index in [1.807, 2.05) is 0 Å². The van der Waals surface area contributed by atoms with E-state index in [0.717, 1.165) is 25.5 Å². The van der Waals surface area contributed by atoms with Crippen LogP contribution < -0.4 is 61.6 Å². The number of hydrogen-bond donors (Lipinski definition) is 0. The Morgan fingerprint density at radius 3 is 2.63 bits per heavy atom. The molecule has 0 bridgehead atoms. The fraction of sp³-hybridized carbons (Fsp3) is 0.500. The van der Waals surface area contributed by atoms with Crippen LogP contribution >= 0.6 is 0 Å². The van der Waals surface area contributed by atoms with Crippen LogP contribution in [0.2, 0.25) is 0 Å². The zero-order chi connectivity index (χ0) is 13.2. The van der Waals surface area contributed by atoms with Gasteiger partial charge in [0.1, 0.15) is 12.4 Å². The number of hydrogen-bond acceptors (Lipinski definition) is 2. The Balaban J connectivity index is 0.00000180. The van der Waals surface area contributed by atoms with Crippen LogP contribution in [0.1, 0.15) is 18.4 Å². The quantitative estimate of drug-likeness (QED) is 0.705. The van der Waals surface area contributed by atoms with Gasteiger partial charge in [-0.15, -0.1) is 5.46 Å². The van der Waals surface area contributed by atoms with Crippen LogP contribution in [0.4, 0.5) is 12.9 Å². The van der Waals surface area contributed by atoms with E-state index in [1.54, 1.807) is 0 Å². The summed E-state index contributed by atoms with van der Waals surface area (Å²) in [5, 5.41) is 0. The summed E-state index contributed by atoms with van der Waals surface area (Å²) in [4.78, 5) is 0. The van der Waals surface area contributed by atoms with Crippen LogP contribution in [0.3, 0.4) is 0 Å². The second-order valence-corrected chi connectivity index (χ2v) is 4.54. The third-order valence-corrected chi connectivity index (χ3v) is 3.05. The molecule has 1 unspecified atom stereocenters. The van der Waals surface area contributed by atoms with Crippen molar-refractivity contribution < 1.29 is 73.8 Å². The first-order valence-corrected chi connectivity index (χ1v) is 6.02. The minimum atomic E-state index is -4.95. The first kappa shape index (κ1) is 17.5. The summed E-state index contributed by atoms with van der Waals surface area (Å²) >= 11 is 0. The Bertz CT molecular complexity index is 420. The van der Waals surface area contributed by atoms with E-state index >= 15 is 0 Å². The molecule has 0 aliphatic carbocycles. The van der Waals surface area contributed by atoms with Crippen LogP contribution in [0.15, 0.2) is 18.2 Å². The molecule has 0 N–H and O–H groups in total. The van der Waals surface area contributed by atoms with Gasteiger partial charge in [-0.05, 0) is 31.9 Å². The van der Waals surface area contributed by atoms with E-state index in [9.17, 15) is 12.9 Å². The topological polar surface area (TPSA) is 18.5 Å². The molecule has 1 atom stereocenters. The van der Waals surface area contributed by atoms with Crippen LogP contribution in [-0.4, -0.2) is 26.3 Å². The Hall–Kier alpha value is 0.471. The van der Waals surface area contributed by atoms with Gasteiger partial charge in [-0.1, -0.05) is 11.6 Å². The van der Waals surface area contributed by atoms with E-state index in [-0.39, 0.29) is 63.1 Å². The third kappa shape index (κ3) is 5.06. The molecule has 2 rings (SSSR count). The van der Waals surface area contributed by atoms with Gasteiger partial charge in [0, 0.05) is 6.61 Å². The average Bonchev–Trinajstić information content (AvgIpc) is 2.77. The standard InChI is InChI=1S/C12H15BF3O2.K/c1-9-7-10(4-5-12(9)13(14,15)16)18-8-11-3-2-6-17-11;/h4-5,7,11H,2-3,6,8H2,1H3;/q-1;+1. The molecule has 1 fully saturated rings. The number of aryl methyl sites for hydroxylation is 1. The molecule has 1 aliphatic rings. The molecule has 100 valence electrons. The van der Waals surface area contributed by atoms with E-state index in [1.165, 1.54) is 19.1 Å². The maximum Gasteiger partial charge on any atom is 1.00 e. The molecule has 1 aliphatic heterocycles. The summed E-state index contributed by atoms with van der Waals surface area (Å²) in [5.74, 6) is 0.465. The van der Waals surface area contributed by atoms with Crippen molar-refractivity contribution in [1.82, 2.24) is 0 Å². The maximum absolute atomic E-state index is 12.6. The van der Waals surface area contributed by atoms with E-state index in [4.69, 9.17) is 9.47 Å². The molecule has 0 amide bonds. The van der Waals surface area contributed by atoms with E-state index in [2.05, 4.69) is 0 Å². The second kappa shape index (κ2) is 7.47. The normalized spacial score (nSPS) is 19.1. The zero-order valence-electron chi connectivity index (χ0n) is 11.2. The number of rotatable bonds is 4. The zero-order valence-corrected chi connectivity index (χ0v) is 14.3. The van der Waals surface area contributed by atoms with Gasteiger partial charge < -0.3 is 22.4 Å². The van der Waals surface area contributed by atoms with Crippen LogP contribution in [0, 0.1) is 6.92 Å². The summed E-state index contributed by atoms with van der Waals surface area (Å²) in [6.07, 6.45) is 2.03. The molecule has 7 heteroatoms. The molecule has 1 aromatic rings. The molecule has 0 saturated carbocycles. The first-order chi connectivity index (χ1) is 8.47. The Kier molecular flexibility index (Phi) is 6.89. The van der Waals surface area contributed by atoms with Gasteiger partial charge in [-0.25, -0.2) is 0 Å². The van der Waals surface area contributed by atoms with Crippen molar-refractivity contribution in [3.8, 4) is 5.75 Å². The summed E-state index contributed by atoms with van der Waals surface area (Å²) < 4.78 is 48.7. The first-order valence-electron chi connectivity index (χ1n) is 6.02. The SMILES string of the molecule is Cc1cc(OCC2CCCO2)ccc1[B-](F)(F)F.[K+]. The molecular weight excluding hydrogens is 283 g/mol. The van der Waals surface area contributed by atoms with Crippen molar-refractivity contribution in [3.63, 3.8) is 0 Å². The summed E-state index contributed by atoms with van der Waals surface area (Å²) in [5.41, 5.74) is -0.355. The largest absolute Gasteiger partial charge is 1.00 e. The van der Waals surface area contributed by atoms with Gasteiger partial charge >= 0.3 is 58.4 Å². The van der Waals surface area contributed by atoms with Crippen LogP contribution in [-0.2, 0) is 4.74 Å². The predicted octanol–water partition coefficient (Wildman–Crippen LogP) is -0.389. The molecule has 1 heterocycles. The minimum Gasteiger partial charge on any atom is -0.491 e. The van der Waals surface area contributed by atoms with Gasteiger partial charge in [-0.3, -0.25) is 0 Å². The number of benzene rings is 1. The fourth-order valence-electron chi connectivity index (χ4n) is 2.07. The van der Waals surface area contributed by atoms with Crippen molar-refractivity contribution >= 4 is 12.4 Å². The van der Waals surface area contributed by atoms with Crippen molar-refractivity contribution in [3.05, 3.63) is 23.8 Å². The Morgan fingerprint density at radius 2 is 2.11 bits per heavy atom. The van der Waals surface area contributed by atoms with Gasteiger partial charge in [0.05, 0.1) is 6.10 Å². The average molecular weight is 298 g/mol. The van der Waals surface area contributed by atoms with Crippen molar-refractivity contribution in [2.24, 2.45) is 0 Å². The van der Waals surface area contributed by atoms with Gasteiger partial charge in [-0.2, -0.15) is 0 Å².